The Balaban J connectivity index is 1.20. The average molecular weight is 472 g/mol. The van der Waals surface area contributed by atoms with Gasteiger partial charge in [0.1, 0.15) is 0 Å². The third kappa shape index (κ3) is 4.80. The molecular weight excluding hydrogens is 442 g/mol. The van der Waals surface area contributed by atoms with Crippen molar-refractivity contribution in [2.75, 3.05) is 25.2 Å². The quantitative estimate of drug-likeness (QED) is 0.547. The fraction of sp³-hybridized carbons (Fsp3) is 0.286. The second-order valence-corrected chi connectivity index (χ2v) is 8.99. The van der Waals surface area contributed by atoms with Crippen LogP contribution >= 0.6 is 0 Å². The molecule has 0 radical (unpaired) electrons. The van der Waals surface area contributed by atoms with Crippen molar-refractivity contribution in [3.63, 3.8) is 0 Å². The van der Waals surface area contributed by atoms with E-state index in [0.717, 1.165) is 39.8 Å². The number of fused-ring (bicyclic) bond motifs is 1. The number of hydrogen-bond donors (Lipinski definition) is 1. The molecule has 3 heterocycles. The fourth-order valence-electron chi connectivity index (χ4n) is 4.77. The molecular formula is C28H29N3O4. The van der Waals surface area contributed by atoms with Gasteiger partial charge >= 0.3 is 0 Å². The fourth-order valence-corrected chi connectivity index (χ4v) is 4.77. The summed E-state index contributed by atoms with van der Waals surface area (Å²) in [5.41, 5.74) is 4.90. The molecule has 0 spiro atoms. The molecule has 0 atom stereocenters. The Labute approximate surface area is 205 Å². The van der Waals surface area contributed by atoms with Crippen LogP contribution in [0.1, 0.15) is 29.8 Å². The van der Waals surface area contributed by atoms with Crippen LogP contribution in [-0.4, -0.2) is 41.2 Å². The van der Waals surface area contributed by atoms with Crippen LogP contribution < -0.4 is 14.8 Å². The lowest BCUT2D eigenvalue weighted by Crippen LogP contribution is -2.40. The lowest BCUT2D eigenvalue weighted by atomic mass is 9.95. The van der Waals surface area contributed by atoms with E-state index in [4.69, 9.17) is 9.47 Å². The second kappa shape index (κ2) is 9.70. The number of amides is 2. The lowest BCUT2D eigenvalue weighted by Gasteiger charge is -2.30. The van der Waals surface area contributed by atoms with Gasteiger partial charge in [-0.1, -0.05) is 18.2 Å². The summed E-state index contributed by atoms with van der Waals surface area (Å²) < 4.78 is 13.1. The first-order valence-corrected chi connectivity index (χ1v) is 11.9. The molecule has 35 heavy (non-hydrogen) atoms. The zero-order chi connectivity index (χ0) is 24.4. The minimum absolute atomic E-state index is 0.0230. The van der Waals surface area contributed by atoms with Crippen LogP contribution in [-0.2, 0) is 9.59 Å². The SMILES string of the molecule is Cc1cc(/C=C/C(=O)N2CCC(C(=O)Nc3ccccc3)CC2)c(C)n1-c1ccc2c(c1)OCO2. The molecule has 1 N–H and O–H groups in total. The molecule has 7 nitrogen and oxygen atoms in total. The molecule has 1 aromatic heterocycles. The molecule has 1 fully saturated rings. The number of benzene rings is 2. The monoisotopic (exact) mass is 471 g/mol. The summed E-state index contributed by atoms with van der Waals surface area (Å²) in [5, 5.41) is 2.97. The molecule has 0 saturated carbocycles. The Hall–Kier alpha value is -4.00. The van der Waals surface area contributed by atoms with Crippen molar-refractivity contribution in [1.82, 2.24) is 9.47 Å². The number of anilines is 1. The molecule has 0 unspecified atom stereocenters. The van der Waals surface area contributed by atoms with Gasteiger partial charge in [0.15, 0.2) is 11.5 Å². The number of nitrogens with one attached hydrogen (secondary N) is 1. The van der Waals surface area contributed by atoms with E-state index < -0.39 is 0 Å². The van der Waals surface area contributed by atoms with Crippen molar-refractivity contribution in [1.29, 1.82) is 0 Å². The molecule has 180 valence electrons. The maximum atomic E-state index is 12.8. The van der Waals surface area contributed by atoms with Crippen LogP contribution in [0, 0.1) is 19.8 Å². The van der Waals surface area contributed by atoms with E-state index in [9.17, 15) is 9.59 Å². The van der Waals surface area contributed by atoms with Gasteiger partial charge in [-0.05, 0) is 68.7 Å². The van der Waals surface area contributed by atoms with Crippen molar-refractivity contribution in [2.24, 2.45) is 5.92 Å². The van der Waals surface area contributed by atoms with Crippen molar-refractivity contribution in [2.45, 2.75) is 26.7 Å². The number of aromatic nitrogens is 1. The van der Waals surface area contributed by atoms with Gasteiger partial charge < -0.3 is 24.3 Å². The summed E-state index contributed by atoms with van der Waals surface area (Å²) in [6.45, 7) is 5.48. The summed E-state index contributed by atoms with van der Waals surface area (Å²) >= 11 is 0. The van der Waals surface area contributed by atoms with Crippen LogP contribution in [0.2, 0.25) is 0 Å². The Morgan fingerprint density at radius 3 is 2.49 bits per heavy atom. The number of carbonyl (C=O) groups is 2. The Bertz CT molecular complexity index is 1270. The van der Waals surface area contributed by atoms with Gasteiger partial charge in [-0.2, -0.15) is 0 Å². The maximum Gasteiger partial charge on any atom is 0.246 e. The molecule has 0 bridgehead atoms. The highest BCUT2D eigenvalue weighted by molar-refractivity contribution is 5.94. The molecule has 7 heteroatoms. The van der Waals surface area contributed by atoms with E-state index in [1.54, 1.807) is 6.08 Å². The van der Waals surface area contributed by atoms with Gasteiger partial charge in [0.2, 0.25) is 18.6 Å². The molecule has 2 amide bonds. The van der Waals surface area contributed by atoms with Gasteiger partial charge in [-0.3, -0.25) is 9.59 Å². The molecule has 5 rings (SSSR count). The first-order chi connectivity index (χ1) is 17.0. The minimum atomic E-state index is -0.0798. The van der Waals surface area contributed by atoms with E-state index in [0.29, 0.717) is 25.9 Å². The van der Waals surface area contributed by atoms with Crippen LogP contribution in [0.25, 0.3) is 11.8 Å². The number of rotatable bonds is 5. The van der Waals surface area contributed by atoms with E-state index in [2.05, 4.69) is 16.0 Å². The normalized spacial score (nSPS) is 15.5. The first-order valence-electron chi connectivity index (χ1n) is 11.9. The average Bonchev–Trinajstić information content (AvgIpc) is 3.46. The van der Waals surface area contributed by atoms with E-state index in [-0.39, 0.29) is 24.5 Å². The predicted octanol–water partition coefficient (Wildman–Crippen LogP) is 4.71. The number of nitrogens with zero attached hydrogens (tertiary/aromatic N) is 2. The van der Waals surface area contributed by atoms with Crippen LogP contribution in [0.4, 0.5) is 5.69 Å². The topological polar surface area (TPSA) is 72.8 Å². The Morgan fingerprint density at radius 1 is 0.971 bits per heavy atom. The summed E-state index contributed by atoms with van der Waals surface area (Å²) in [4.78, 5) is 27.2. The standard InChI is InChI=1S/C28H29N3O4/c1-19-16-22(20(2)31(19)24-9-10-25-26(17-24)35-18-34-25)8-11-27(32)30-14-12-21(13-15-30)28(33)29-23-6-4-3-5-7-23/h3-11,16-17,21H,12-15,18H2,1-2H3,(H,29,33)/b11-8+. The number of likely N-dealkylation sites (tertiary alicyclic amines) is 1. The summed E-state index contributed by atoms with van der Waals surface area (Å²) in [7, 11) is 0. The van der Waals surface area contributed by atoms with Crippen molar-refractivity contribution >= 4 is 23.6 Å². The number of ether oxygens (including phenoxy) is 2. The third-order valence-corrected chi connectivity index (χ3v) is 6.71. The Morgan fingerprint density at radius 2 is 1.71 bits per heavy atom. The van der Waals surface area contributed by atoms with Gasteiger partial charge in [0.25, 0.3) is 0 Å². The maximum absolute atomic E-state index is 12.8. The molecule has 3 aromatic rings. The number of para-hydroxylation sites is 1. The number of hydrogen-bond acceptors (Lipinski definition) is 4. The first kappa shape index (κ1) is 22.8. The largest absolute Gasteiger partial charge is 0.454 e. The lowest BCUT2D eigenvalue weighted by molar-refractivity contribution is -0.130. The summed E-state index contributed by atoms with van der Waals surface area (Å²) in [5.74, 6) is 1.41. The molecule has 2 aliphatic heterocycles. The number of piperidine rings is 1. The highest BCUT2D eigenvalue weighted by atomic mass is 16.7. The predicted molar refractivity (Wildman–Crippen MR) is 135 cm³/mol. The van der Waals surface area contributed by atoms with E-state index >= 15 is 0 Å². The van der Waals surface area contributed by atoms with Crippen LogP contribution in [0.5, 0.6) is 11.5 Å². The zero-order valence-corrected chi connectivity index (χ0v) is 20.0. The van der Waals surface area contributed by atoms with Crippen molar-refractivity contribution in [3.05, 3.63) is 77.6 Å². The van der Waals surface area contributed by atoms with Crippen LogP contribution in [0.3, 0.4) is 0 Å². The highest BCUT2D eigenvalue weighted by Gasteiger charge is 2.26. The number of carbonyl (C=O) groups excluding carboxylic acids is 2. The van der Waals surface area contributed by atoms with Gasteiger partial charge in [-0.15, -0.1) is 0 Å². The second-order valence-electron chi connectivity index (χ2n) is 8.99. The van der Waals surface area contributed by atoms with Crippen molar-refractivity contribution < 1.29 is 19.1 Å². The number of aryl methyl sites for hydroxylation is 1. The summed E-state index contributed by atoms with van der Waals surface area (Å²) in [6.07, 6.45) is 4.84. The molecule has 2 aromatic carbocycles. The summed E-state index contributed by atoms with van der Waals surface area (Å²) in [6, 6.07) is 17.4. The molecule has 1 saturated heterocycles. The smallest absolute Gasteiger partial charge is 0.246 e. The molecule has 0 aliphatic carbocycles. The van der Waals surface area contributed by atoms with Gasteiger partial charge in [-0.25, -0.2) is 0 Å². The van der Waals surface area contributed by atoms with Gasteiger partial charge in [0, 0.05) is 53.9 Å². The van der Waals surface area contributed by atoms with Crippen molar-refractivity contribution in [3.8, 4) is 17.2 Å². The van der Waals surface area contributed by atoms with Gasteiger partial charge in [0.05, 0.1) is 0 Å². The highest BCUT2D eigenvalue weighted by Crippen LogP contribution is 2.35. The van der Waals surface area contributed by atoms with E-state index in [1.807, 2.05) is 73.4 Å². The van der Waals surface area contributed by atoms with Crippen LogP contribution in [0.15, 0.2) is 60.7 Å². The minimum Gasteiger partial charge on any atom is -0.454 e. The third-order valence-electron chi connectivity index (χ3n) is 6.71. The Kier molecular flexibility index (Phi) is 6.31. The zero-order valence-electron chi connectivity index (χ0n) is 20.0. The molecule has 2 aliphatic rings. The van der Waals surface area contributed by atoms with E-state index in [1.165, 1.54) is 0 Å².